The molecular weight excluding hydrogens is 332 g/mol. The molecule has 126 valence electrons. The van der Waals surface area contributed by atoms with Crippen LogP contribution in [0.25, 0.3) is 0 Å². The number of ether oxygens (including phenoxy) is 2. The molecule has 0 aliphatic carbocycles. The first-order valence-corrected chi connectivity index (χ1v) is 7.79. The number of anilines is 1. The molecule has 3 N–H and O–H groups in total. The number of amides is 1. The van der Waals surface area contributed by atoms with Gasteiger partial charge in [-0.15, -0.1) is 0 Å². The van der Waals surface area contributed by atoms with Crippen LogP contribution >= 0.6 is 11.6 Å². The molecule has 1 amide bonds. The number of nitrogens with two attached hydrogens (primary N) is 1. The predicted octanol–water partition coefficient (Wildman–Crippen LogP) is 1.98. The smallest absolute Gasteiger partial charge is 0.253 e. The van der Waals surface area contributed by atoms with Crippen molar-refractivity contribution >= 4 is 23.3 Å². The van der Waals surface area contributed by atoms with E-state index in [0.717, 1.165) is 5.56 Å². The quantitative estimate of drug-likeness (QED) is 0.876. The number of halogens is 1. The van der Waals surface area contributed by atoms with Gasteiger partial charge >= 0.3 is 0 Å². The van der Waals surface area contributed by atoms with E-state index in [1.807, 2.05) is 6.07 Å². The average molecular weight is 349 g/mol. The fraction of sp³-hybridized carbons (Fsp3) is 0.312. The lowest BCUT2D eigenvalue weighted by atomic mass is 10.0. The summed E-state index contributed by atoms with van der Waals surface area (Å²) in [6, 6.07) is 4.98. The summed E-state index contributed by atoms with van der Waals surface area (Å²) in [7, 11) is 1.56. The molecule has 1 fully saturated rings. The minimum atomic E-state index is -0.272. The van der Waals surface area contributed by atoms with Gasteiger partial charge < -0.3 is 20.5 Å². The van der Waals surface area contributed by atoms with E-state index in [-0.39, 0.29) is 28.9 Å². The van der Waals surface area contributed by atoms with Crippen LogP contribution in [0.1, 0.15) is 28.4 Å². The van der Waals surface area contributed by atoms with E-state index in [9.17, 15) is 4.79 Å². The molecule has 2 aromatic heterocycles. The topological polar surface area (TPSA) is 99.4 Å². The molecule has 0 spiro atoms. The molecule has 3 rings (SSSR count). The number of hydrogen-bond donors (Lipinski definition) is 2. The highest BCUT2D eigenvalue weighted by molar-refractivity contribution is 6.33. The minimum absolute atomic E-state index is 0.163. The first-order valence-electron chi connectivity index (χ1n) is 7.42. The van der Waals surface area contributed by atoms with Gasteiger partial charge in [-0.3, -0.25) is 4.79 Å². The Morgan fingerprint density at radius 2 is 2.25 bits per heavy atom. The monoisotopic (exact) mass is 348 g/mol. The predicted molar refractivity (Wildman–Crippen MR) is 89.0 cm³/mol. The molecule has 1 aliphatic rings. The molecule has 0 saturated carbocycles. The Bertz CT molecular complexity index is 739. The van der Waals surface area contributed by atoms with Gasteiger partial charge in [0.2, 0.25) is 5.88 Å². The van der Waals surface area contributed by atoms with E-state index in [2.05, 4.69) is 15.3 Å². The Labute approximate surface area is 144 Å². The van der Waals surface area contributed by atoms with Crippen molar-refractivity contribution in [3.63, 3.8) is 0 Å². The van der Waals surface area contributed by atoms with Gasteiger partial charge in [-0.2, -0.15) is 0 Å². The summed E-state index contributed by atoms with van der Waals surface area (Å²) in [6.07, 6.45) is 3.54. The Hall–Kier alpha value is -2.38. The molecule has 2 atom stereocenters. The number of nitrogen functional groups attached to an aromatic ring is 1. The summed E-state index contributed by atoms with van der Waals surface area (Å²) in [4.78, 5) is 20.5. The largest absolute Gasteiger partial charge is 0.481 e. The number of aromatic nitrogens is 2. The summed E-state index contributed by atoms with van der Waals surface area (Å²) in [6.45, 7) is 0.558. The number of methoxy groups -OCH3 is 1. The van der Waals surface area contributed by atoms with Crippen LogP contribution in [0.2, 0.25) is 5.02 Å². The normalized spacial score (nSPS) is 19.9. The zero-order valence-electron chi connectivity index (χ0n) is 13.0. The number of nitrogens with zero attached hydrogens (tertiary/aromatic N) is 2. The molecule has 8 heteroatoms. The van der Waals surface area contributed by atoms with Gasteiger partial charge in [0.1, 0.15) is 11.9 Å². The van der Waals surface area contributed by atoms with Gasteiger partial charge in [0.05, 0.1) is 23.7 Å². The highest BCUT2D eigenvalue weighted by atomic mass is 35.5. The highest BCUT2D eigenvalue weighted by Gasteiger charge is 2.31. The first-order chi connectivity index (χ1) is 11.6. The Balaban J connectivity index is 1.73. The van der Waals surface area contributed by atoms with Gasteiger partial charge in [0, 0.05) is 30.6 Å². The van der Waals surface area contributed by atoms with Gasteiger partial charge in [-0.05, 0) is 18.6 Å². The molecule has 2 aromatic rings. The molecule has 0 unspecified atom stereocenters. The van der Waals surface area contributed by atoms with Crippen LogP contribution in [-0.4, -0.2) is 35.6 Å². The van der Waals surface area contributed by atoms with E-state index >= 15 is 0 Å². The number of hydrogen-bond acceptors (Lipinski definition) is 6. The van der Waals surface area contributed by atoms with Crippen LogP contribution < -0.4 is 15.8 Å². The van der Waals surface area contributed by atoms with Crippen LogP contribution in [0.15, 0.2) is 30.6 Å². The SMILES string of the molecule is COc1ccc([C@H]2OCC[C@@H]2NC(=O)c2cnc(N)c(Cl)c2)cn1. The van der Waals surface area contributed by atoms with Crippen molar-refractivity contribution in [3.05, 3.63) is 46.7 Å². The molecule has 1 saturated heterocycles. The second-order valence-corrected chi connectivity index (χ2v) is 5.79. The summed E-state index contributed by atoms with van der Waals surface area (Å²) >= 11 is 5.92. The van der Waals surface area contributed by atoms with Gasteiger partial charge in [0.15, 0.2) is 0 Å². The van der Waals surface area contributed by atoms with Crippen molar-refractivity contribution in [1.29, 1.82) is 0 Å². The Morgan fingerprint density at radius 3 is 2.92 bits per heavy atom. The summed E-state index contributed by atoms with van der Waals surface area (Å²) < 4.78 is 10.8. The molecule has 3 heterocycles. The number of nitrogens with one attached hydrogen (secondary N) is 1. The van der Waals surface area contributed by atoms with Crippen molar-refractivity contribution in [3.8, 4) is 5.88 Å². The minimum Gasteiger partial charge on any atom is -0.481 e. The van der Waals surface area contributed by atoms with Crippen LogP contribution in [0.4, 0.5) is 5.82 Å². The van der Waals surface area contributed by atoms with E-state index < -0.39 is 0 Å². The lowest BCUT2D eigenvalue weighted by Gasteiger charge is -2.20. The number of pyridine rings is 2. The molecular formula is C16H17ClN4O3. The zero-order valence-corrected chi connectivity index (χ0v) is 13.8. The van der Waals surface area contributed by atoms with Crippen molar-refractivity contribution in [1.82, 2.24) is 15.3 Å². The first kappa shape index (κ1) is 16.5. The van der Waals surface area contributed by atoms with Gasteiger partial charge in [-0.1, -0.05) is 11.6 Å². The average Bonchev–Trinajstić information content (AvgIpc) is 3.05. The van der Waals surface area contributed by atoms with Gasteiger partial charge in [-0.25, -0.2) is 9.97 Å². The summed E-state index contributed by atoms with van der Waals surface area (Å²) in [5, 5.41) is 3.21. The fourth-order valence-corrected chi connectivity index (χ4v) is 2.74. The van der Waals surface area contributed by atoms with Crippen molar-refractivity contribution < 1.29 is 14.3 Å². The van der Waals surface area contributed by atoms with Crippen molar-refractivity contribution in [2.24, 2.45) is 0 Å². The lowest BCUT2D eigenvalue weighted by molar-refractivity contribution is 0.0820. The van der Waals surface area contributed by atoms with E-state index in [4.69, 9.17) is 26.8 Å². The third kappa shape index (κ3) is 3.42. The van der Waals surface area contributed by atoms with Gasteiger partial charge in [0.25, 0.3) is 5.91 Å². The van der Waals surface area contributed by atoms with Crippen LogP contribution in [0, 0.1) is 0 Å². The van der Waals surface area contributed by atoms with Crippen LogP contribution in [0.5, 0.6) is 5.88 Å². The Morgan fingerprint density at radius 1 is 1.42 bits per heavy atom. The fourth-order valence-electron chi connectivity index (χ4n) is 2.57. The number of carbonyl (C=O) groups is 1. The molecule has 0 radical (unpaired) electrons. The third-order valence-corrected chi connectivity index (χ3v) is 4.14. The maximum Gasteiger partial charge on any atom is 0.253 e. The highest BCUT2D eigenvalue weighted by Crippen LogP contribution is 2.29. The standard InChI is InChI=1S/C16H17ClN4O3/c1-23-13-3-2-9(7-19-13)14-12(4-5-24-14)21-16(22)10-6-11(17)15(18)20-8-10/h2-3,6-8,12,14H,4-5H2,1H3,(H2,18,20)(H,21,22)/t12-,14+/m0/s1. The Kier molecular flexibility index (Phi) is 4.82. The number of rotatable bonds is 4. The second kappa shape index (κ2) is 7.02. The number of carbonyl (C=O) groups excluding carboxylic acids is 1. The van der Waals surface area contributed by atoms with E-state index in [0.29, 0.717) is 24.5 Å². The molecule has 1 aliphatic heterocycles. The molecule has 7 nitrogen and oxygen atoms in total. The second-order valence-electron chi connectivity index (χ2n) is 5.38. The molecule has 24 heavy (non-hydrogen) atoms. The third-order valence-electron chi connectivity index (χ3n) is 3.84. The van der Waals surface area contributed by atoms with E-state index in [1.165, 1.54) is 12.3 Å². The van der Waals surface area contributed by atoms with Crippen LogP contribution in [-0.2, 0) is 4.74 Å². The molecule has 0 aromatic carbocycles. The maximum atomic E-state index is 12.4. The summed E-state index contributed by atoms with van der Waals surface area (Å²) in [5.41, 5.74) is 6.80. The van der Waals surface area contributed by atoms with Crippen LogP contribution in [0.3, 0.4) is 0 Å². The maximum absolute atomic E-state index is 12.4. The van der Waals surface area contributed by atoms with Crippen molar-refractivity contribution in [2.75, 3.05) is 19.5 Å². The summed E-state index contributed by atoms with van der Waals surface area (Å²) in [5.74, 6) is 0.450. The lowest BCUT2D eigenvalue weighted by Crippen LogP contribution is -2.36. The zero-order chi connectivity index (χ0) is 17.1. The molecule has 0 bridgehead atoms. The van der Waals surface area contributed by atoms with Crippen molar-refractivity contribution in [2.45, 2.75) is 18.6 Å². The van der Waals surface area contributed by atoms with E-state index in [1.54, 1.807) is 19.4 Å².